The molecule has 0 spiro atoms. The van der Waals surface area contributed by atoms with E-state index in [-0.39, 0.29) is 43.4 Å². The third-order valence-electron chi connectivity index (χ3n) is 5.86. The lowest BCUT2D eigenvalue weighted by Gasteiger charge is -2.40. The molecule has 2 fully saturated rings. The maximum absolute atomic E-state index is 12.8. The quantitative estimate of drug-likeness (QED) is 0.552. The van der Waals surface area contributed by atoms with Gasteiger partial charge >= 0.3 is 5.69 Å². The first-order chi connectivity index (χ1) is 14.4. The lowest BCUT2D eigenvalue weighted by Crippen LogP contribution is -2.54. The highest BCUT2D eigenvalue weighted by Gasteiger charge is 2.39. The van der Waals surface area contributed by atoms with Crippen molar-refractivity contribution in [2.24, 2.45) is 7.05 Å². The van der Waals surface area contributed by atoms with Crippen LogP contribution in [-0.4, -0.2) is 57.6 Å². The Morgan fingerprint density at radius 3 is 2.70 bits per heavy atom. The van der Waals surface area contributed by atoms with E-state index in [9.17, 15) is 9.59 Å². The summed E-state index contributed by atoms with van der Waals surface area (Å²) in [4.78, 5) is 33.8. The van der Waals surface area contributed by atoms with Gasteiger partial charge in [0.25, 0.3) is 5.56 Å². The number of fused-ring (bicyclic) bond motifs is 3. The molecule has 0 bridgehead atoms. The van der Waals surface area contributed by atoms with Crippen LogP contribution in [0, 0.1) is 13.8 Å². The minimum atomic E-state index is -0.626. The average molecular weight is 414 g/mol. The number of benzene rings is 1. The highest BCUT2D eigenvalue weighted by molar-refractivity contribution is 5.81. The number of hydrogen-bond acceptors (Lipinski definition) is 8. The molecule has 10 heteroatoms. The molecule has 4 heterocycles. The Balaban J connectivity index is 1.72. The summed E-state index contributed by atoms with van der Waals surface area (Å²) >= 11 is 0. The van der Waals surface area contributed by atoms with Crippen molar-refractivity contribution in [3.8, 4) is 11.5 Å². The van der Waals surface area contributed by atoms with E-state index in [0.29, 0.717) is 18.7 Å². The van der Waals surface area contributed by atoms with Crippen LogP contribution in [0.4, 0.5) is 0 Å². The van der Waals surface area contributed by atoms with Gasteiger partial charge in [0.05, 0.1) is 24.2 Å². The van der Waals surface area contributed by atoms with Gasteiger partial charge < -0.3 is 23.5 Å². The highest BCUT2D eigenvalue weighted by atomic mass is 16.7. The predicted molar refractivity (Wildman–Crippen MR) is 105 cm³/mol. The summed E-state index contributed by atoms with van der Waals surface area (Å²) in [7, 11) is 1.40. The molecular weight excluding hydrogens is 392 g/mol. The summed E-state index contributed by atoms with van der Waals surface area (Å²) in [5.41, 5.74) is 2.58. The molecule has 4 aliphatic rings. The smallest absolute Gasteiger partial charge is 0.352 e. The fraction of sp³-hybridized carbons (Fsp3) is 0.500. The fourth-order valence-electron chi connectivity index (χ4n) is 3.98. The lowest BCUT2D eigenvalue weighted by molar-refractivity contribution is -0.302. The molecule has 3 atom stereocenters. The highest BCUT2D eigenvalue weighted by Crippen LogP contribution is 2.28. The minimum Gasteiger partial charge on any atom is -0.353 e. The van der Waals surface area contributed by atoms with Crippen molar-refractivity contribution >= 4 is 11.0 Å². The molecule has 10 nitrogen and oxygen atoms in total. The van der Waals surface area contributed by atoms with E-state index < -0.39 is 11.2 Å². The average Bonchev–Trinajstić information content (AvgIpc) is 2.74. The summed E-state index contributed by atoms with van der Waals surface area (Å²) in [6.07, 6.45) is -0.936. The lowest BCUT2D eigenvalue weighted by atomic mass is 10.0. The molecule has 0 radical (unpaired) electrons. The molecule has 1 aromatic rings. The second-order valence-electron chi connectivity index (χ2n) is 7.73. The summed E-state index contributed by atoms with van der Waals surface area (Å²) in [6, 6.07) is 3.92. The van der Waals surface area contributed by atoms with Crippen molar-refractivity contribution in [1.29, 1.82) is 0 Å². The Bertz CT molecular complexity index is 1220. The van der Waals surface area contributed by atoms with Crippen LogP contribution in [0.5, 0.6) is 0 Å². The molecule has 30 heavy (non-hydrogen) atoms. The third kappa shape index (κ3) is 3.03. The molecule has 2 saturated heterocycles. The van der Waals surface area contributed by atoms with E-state index in [0.717, 1.165) is 21.2 Å². The van der Waals surface area contributed by atoms with Crippen molar-refractivity contribution in [3.05, 3.63) is 44.1 Å². The van der Waals surface area contributed by atoms with E-state index in [1.165, 1.54) is 7.05 Å². The van der Waals surface area contributed by atoms with Crippen molar-refractivity contribution in [2.45, 2.75) is 38.7 Å². The predicted octanol–water partition coefficient (Wildman–Crippen LogP) is 0.326. The number of ether oxygens (including phenoxy) is 4. The third-order valence-corrected chi connectivity index (χ3v) is 5.86. The van der Waals surface area contributed by atoms with Gasteiger partial charge in [-0.1, -0.05) is 0 Å². The summed E-state index contributed by atoms with van der Waals surface area (Å²) in [6.45, 7) is 5.01. The number of rotatable bonds is 2. The molecule has 5 rings (SSSR count). The Labute approximate surface area is 171 Å². The van der Waals surface area contributed by atoms with Crippen LogP contribution in [-0.2, 0) is 32.5 Å². The Hall–Kier alpha value is -2.66. The number of aromatic nitrogens is 4. The van der Waals surface area contributed by atoms with Crippen LogP contribution in [0.1, 0.15) is 11.1 Å². The van der Waals surface area contributed by atoms with Gasteiger partial charge in [-0.25, -0.2) is 9.78 Å². The van der Waals surface area contributed by atoms with Gasteiger partial charge in [0, 0.05) is 7.05 Å². The van der Waals surface area contributed by atoms with Crippen LogP contribution < -0.4 is 11.2 Å². The second-order valence-corrected chi connectivity index (χ2v) is 7.73. The molecule has 0 N–H and O–H groups in total. The molecule has 0 aliphatic carbocycles. The van der Waals surface area contributed by atoms with E-state index >= 15 is 0 Å². The zero-order chi connectivity index (χ0) is 21.0. The van der Waals surface area contributed by atoms with Crippen LogP contribution >= 0.6 is 0 Å². The summed E-state index contributed by atoms with van der Waals surface area (Å²) in [5.74, 6) is 0.234. The summed E-state index contributed by atoms with van der Waals surface area (Å²) in [5, 5.41) is 0. The van der Waals surface area contributed by atoms with Gasteiger partial charge in [0.2, 0.25) is 0 Å². The van der Waals surface area contributed by atoms with Crippen molar-refractivity contribution in [2.75, 3.05) is 20.2 Å². The SMILES string of the molecule is Cc1cc2nc3c(=O)n(C)c(=O)nc-3n(C[C@@H]3OCO[C@@H]4COCO[C@@H]34)c2cc1C. The van der Waals surface area contributed by atoms with Gasteiger partial charge in [-0.15, -0.1) is 0 Å². The number of nitrogens with zero attached hydrogens (tertiary/aromatic N) is 4. The van der Waals surface area contributed by atoms with Gasteiger partial charge in [0.15, 0.2) is 11.5 Å². The Morgan fingerprint density at radius 2 is 1.87 bits per heavy atom. The van der Waals surface area contributed by atoms with Gasteiger partial charge in [-0.2, -0.15) is 4.98 Å². The largest absolute Gasteiger partial charge is 0.353 e. The van der Waals surface area contributed by atoms with Crippen LogP contribution in [0.15, 0.2) is 21.7 Å². The molecular formula is C20H22N4O6. The molecule has 0 saturated carbocycles. The fourth-order valence-corrected chi connectivity index (χ4v) is 3.98. The van der Waals surface area contributed by atoms with Crippen LogP contribution in [0.25, 0.3) is 22.6 Å². The topological polar surface area (TPSA) is 107 Å². The first kappa shape index (κ1) is 19.3. The maximum Gasteiger partial charge on any atom is 0.352 e. The minimum absolute atomic E-state index is 0.111. The van der Waals surface area contributed by atoms with Crippen molar-refractivity contribution in [3.63, 3.8) is 0 Å². The maximum atomic E-state index is 12.8. The molecule has 1 aromatic carbocycles. The van der Waals surface area contributed by atoms with Crippen LogP contribution in [0.2, 0.25) is 0 Å². The van der Waals surface area contributed by atoms with Crippen molar-refractivity contribution < 1.29 is 18.9 Å². The van der Waals surface area contributed by atoms with Gasteiger partial charge in [0.1, 0.15) is 31.9 Å². The van der Waals surface area contributed by atoms with E-state index in [4.69, 9.17) is 18.9 Å². The number of hydrogen-bond donors (Lipinski definition) is 0. The van der Waals surface area contributed by atoms with Crippen LogP contribution in [0.3, 0.4) is 0 Å². The van der Waals surface area contributed by atoms with E-state index in [1.54, 1.807) is 0 Å². The Kier molecular flexibility index (Phi) is 4.66. The normalized spacial score (nSPS) is 24.3. The monoisotopic (exact) mass is 414 g/mol. The zero-order valence-electron chi connectivity index (χ0n) is 17.0. The molecule has 0 aromatic heterocycles. The van der Waals surface area contributed by atoms with Crippen molar-refractivity contribution in [1.82, 2.24) is 19.1 Å². The van der Waals surface area contributed by atoms with Gasteiger partial charge in [-0.05, 0) is 37.1 Å². The molecule has 0 amide bonds. The first-order valence-corrected chi connectivity index (χ1v) is 9.75. The molecule has 4 aliphatic heterocycles. The number of aryl methyl sites for hydroxylation is 2. The first-order valence-electron chi connectivity index (χ1n) is 9.75. The summed E-state index contributed by atoms with van der Waals surface area (Å²) < 4.78 is 25.3. The van der Waals surface area contributed by atoms with E-state index in [1.807, 2.05) is 30.5 Å². The van der Waals surface area contributed by atoms with E-state index in [2.05, 4.69) is 9.97 Å². The molecule has 158 valence electrons. The Morgan fingerprint density at radius 1 is 1.07 bits per heavy atom. The zero-order valence-corrected chi connectivity index (χ0v) is 17.0. The van der Waals surface area contributed by atoms with Gasteiger partial charge in [-0.3, -0.25) is 9.36 Å². The standard InChI is InChI=1S/C20H22N4O6/c1-10-4-12-13(5-11(10)2)24(18-16(21-12)19(25)23(3)20(26)22-18)6-14-17-15(29-9-28-14)7-27-8-30-17/h4-5,14-15,17H,6-9H2,1-3H3/t14-,15+,17-/m0/s1. The molecule has 0 unspecified atom stereocenters. The second kappa shape index (κ2) is 7.24.